The highest BCUT2D eigenvalue weighted by Crippen LogP contribution is 2.37. The molecule has 0 aromatic heterocycles. The molecule has 0 unspecified atom stereocenters. The molecule has 0 aliphatic heterocycles. The molecule has 0 aliphatic carbocycles. The summed E-state index contributed by atoms with van der Waals surface area (Å²) in [5.41, 5.74) is 0.407. The van der Waals surface area contributed by atoms with Crippen LogP contribution in [0.15, 0.2) is 48.5 Å². The van der Waals surface area contributed by atoms with E-state index in [1.54, 1.807) is 0 Å². The van der Waals surface area contributed by atoms with E-state index in [2.05, 4.69) is 0 Å². The number of hydrogen-bond donors (Lipinski definition) is 1. The average molecular weight is 236 g/mol. The predicted molar refractivity (Wildman–Crippen MR) is 73.1 cm³/mol. The number of ketones is 1. The Morgan fingerprint density at radius 2 is 1.28 bits per heavy atom. The largest absolute Gasteiger partial charge is 0.507 e. The van der Waals surface area contributed by atoms with Crippen LogP contribution >= 0.6 is 0 Å². The van der Waals surface area contributed by atoms with Crippen LogP contribution < -0.4 is 0 Å². The average Bonchev–Trinajstić information content (AvgIpc) is 2.39. The van der Waals surface area contributed by atoms with Gasteiger partial charge in [-0.25, -0.2) is 0 Å². The lowest BCUT2D eigenvalue weighted by Gasteiger charge is -2.11. The van der Waals surface area contributed by atoms with E-state index in [-0.39, 0.29) is 11.5 Å². The Labute approximate surface area is 104 Å². The molecule has 3 aromatic carbocycles. The Bertz CT molecular complexity index is 772. The van der Waals surface area contributed by atoms with Gasteiger partial charge in [0, 0.05) is 5.39 Å². The van der Waals surface area contributed by atoms with E-state index in [4.69, 9.17) is 0 Å². The lowest BCUT2D eigenvalue weighted by molar-refractivity contribution is 0.101. The number of benzene rings is 3. The van der Waals surface area contributed by atoms with Crippen LogP contribution in [0.25, 0.3) is 21.5 Å². The fraction of sp³-hybridized carbons (Fsp3) is 0.0625. The molecule has 0 saturated heterocycles. The number of phenols is 1. The zero-order valence-electron chi connectivity index (χ0n) is 9.97. The molecule has 1 N–H and O–H groups in total. The fourth-order valence-electron chi connectivity index (χ4n) is 2.48. The zero-order valence-corrected chi connectivity index (χ0v) is 9.97. The molecule has 88 valence electrons. The Hall–Kier alpha value is -2.35. The molecule has 2 heteroatoms. The lowest BCUT2D eigenvalue weighted by atomic mass is 9.94. The van der Waals surface area contributed by atoms with Crippen LogP contribution in [-0.4, -0.2) is 10.9 Å². The summed E-state index contributed by atoms with van der Waals surface area (Å²) in [6.45, 7) is 1.48. The van der Waals surface area contributed by atoms with Gasteiger partial charge in [-0.1, -0.05) is 48.5 Å². The molecule has 2 nitrogen and oxygen atoms in total. The highest BCUT2D eigenvalue weighted by Gasteiger charge is 2.15. The van der Waals surface area contributed by atoms with Gasteiger partial charge in [-0.15, -0.1) is 0 Å². The minimum Gasteiger partial charge on any atom is -0.507 e. The Morgan fingerprint density at radius 1 is 0.833 bits per heavy atom. The van der Waals surface area contributed by atoms with E-state index >= 15 is 0 Å². The summed E-state index contributed by atoms with van der Waals surface area (Å²) in [5.74, 6) is -0.0359. The number of carbonyl (C=O) groups is 1. The van der Waals surface area contributed by atoms with Crippen LogP contribution in [0.2, 0.25) is 0 Å². The number of rotatable bonds is 1. The van der Waals surface area contributed by atoms with Gasteiger partial charge in [0.2, 0.25) is 0 Å². The van der Waals surface area contributed by atoms with E-state index in [0.717, 1.165) is 21.5 Å². The van der Waals surface area contributed by atoms with Crippen molar-refractivity contribution in [3.8, 4) is 5.75 Å². The van der Waals surface area contributed by atoms with Crippen molar-refractivity contribution in [2.24, 2.45) is 0 Å². The molecule has 3 aromatic rings. The van der Waals surface area contributed by atoms with Gasteiger partial charge in [0.05, 0.1) is 5.56 Å². The van der Waals surface area contributed by atoms with Gasteiger partial charge in [-0.2, -0.15) is 0 Å². The third-order valence-electron chi connectivity index (χ3n) is 3.26. The maximum atomic E-state index is 11.8. The van der Waals surface area contributed by atoms with Crippen molar-refractivity contribution in [1.29, 1.82) is 0 Å². The van der Waals surface area contributed by atoms with E-state index in [9.17, 15) is 9.90 Å². The summed E-state index contributed by atoms with van der Waals surface area (Å²) in [6.07, 6.45) is 0. The summed E-state index contributed by atoms with van der Waals surface area (Å²) in [6, 6.07) is 15.3. The number of fused-ring (bicyclic) bond motifs is 3. The minimum atomic E-state index is -0.116. The van der Waals surface area contributed by atoms with Crippen molar-refractivity contribution in [2.45, 2.75) is 6.92 Å². The van der Waals surface area contributed by atoms with Crippen LogP contribution in [0.1, 0.15) is 17.3 Å². The smallest absolute Gasteiger partial charge is 0.164 e. The molecular formula is C16H12O2. The van der Waals surface area contributed by atoms with Gasteiger partial charge in [0.25, 0.3) is 0 Å². The van der Waals surface area contributed by atoms with Crippen LogP contribution in [-0.2, 0) is 0 Å². The third-order valence-corrected chi connectivity index (χ3v) is 3.26. The fourth-order valence-corrected chi connectivity index (χ4v) is 2.48. The highest BCUT2D eigenvalue weighted by molar-refractivity contribution is 6.20. The number of carbonyl (C=O) groups excluding carboxylic acids is 1. The van der Waals surface area contributed by atoms with Crippen LogP contribution in [0.5, 0.6) is 5.75 Å². The zero-order chi connectivity index (χ0) is 12.7. The molecule has 0 spiro atoms. The van der Waals surface area contributed by atoms with Crippen molar-refractivity contribution in [1.82, 2.24) is 0 Å². The lowest BCUT2D eigenvalue weighted by Crippen LogP contribution is -1.96. The summed E-state index contributed by atoms with van der Waals surface area (Å²) in [5, 5.41) is 13.8. The molecule has 0 fully saturated rings. The molecule has 0 aliphatic rings. The SMILES string of the molecule is CC(=O)c1c(O)c2ccccc2c2ccccc12. The molecule has 0 bridgehead atoms. The first-order valence-corrected chi connectivity index (χ1v) is 5.83. The highest BCUT2D eigenvalue weighted by atomic mass is 16.3. The van der Waals surface area contributed by atoms with Crippen molar-refractivity contribution >= 4 is 27.3 Å². The molecule has 0 radical (unpaired) electrons. The molecule has 3 rings (SSSR count). The van der Waals surface area contributed by atoms with Crippen LogP contribution in [0, 0.1) is 0 Å². The van der Waals surface area contributed by atoms with E-state index in [1.165, 1.54) is 6.92 Å². The predicted octanol–water partition coefficient (Wildman–Crippen LogP) is 3.90. The molecule has 0 amide bonds. The second kappa shape index (κ2) is 3.84. The first kappa shape index (κ1) is 10.8. The number of Topliss-reactive ketones (excluding diaryl/α,β-unsaturated/α-hetero) is 1. The Balaban J connectivity index is 2.66. The summed E-state index contributed by atoms with van der Waals surface area (Å²) < 4.78 is 0. The molecule has 0 saturated carbocycles. The summed E-state index contributed by atoms with van der Waals surface area (Å²) >= 11 is 0. The number of aromatic hydroxyl groups is 1. The Kier molecular flexibility index (Phi) is 2.30. The first-order valence-electron chi connectivity index (χ1n) is 5.83. The van der Waals surface area contributed by atoms with Gasteiger partial charge in [0.1, 0.15) is 5.75 Å². The molecule has 0 heterocycles. The summed E-state index contributed by atoms with van der Waals surface area (Å²) in [4.78, 5) is 11.8. The quantitative estimate of drug-likeness (QED) is 0.514. The number of hydrogen-bond acceptors (Lipinski definition) is 2. The maximum absolute atomic E-state index is 11.8. The topological polar surface area (TPSA) is 37.3 Å². The van der Waals surface area contributed by atoms with Gasteiger partial charge < -0.3 is 5.11 Å². The van der Waals surface area contributed by atoms with Crippen molar-refractivity contribution in [3.63, 3.8) is 0 Å². The van der Waals surface area contributed by atoms with Gasteiger partial charge in [-0.3, -0.25) is 4.79 Å². The second-order valence-corrected chi connectivity index (χ2v) is 4.37. The van der Waals surface area contributed by atoms with E-state index < -0.39 is 0 Å². The van der Waals surface area contributed by atoms with Gasteiger partial charge >= 0.3 is 0 Å². The Morgan fingerprint density at radius 3 is 1.83 bits per heavy atom. The second-order valence-electron chi connectivity index (χ2n) is 4.37. The van der Waals surface area contributed by atoms with Gasteiger partial charge in [0.15, 0.2) is 5.78 Å². The van der Waals surface area contributed by atoms with Crippen molar-refractivity contribution in [3.05, 3.63) is 54.1 Å². The normalized spacial score (nSPS) is 10.9. The first-order chi connectivity index (χ1) is 8.70. The van der Waals surface area contributed by atoms with Crippen LogP contribution in [0.4, 0.5) is 0 Å². The third kappa shape index (κ3) is 1.39. The molecule has 18 heavy (non-hydrogen) atoms. The van der Waals surface area contributed by atoms with Gasteiger partial charge in [-0.05, 0) is 23.1 Å². The van der Waals surface area contributed by atoms with Crippen LogP contribution in [0.3, 0.4) is 0 Å². The standard InChI is InChI=1S/C16H12O2/c1-10(17)15-13-8-4-2-6-11(13)12-7-3-5-9-14(12)16(15)18/h2-9,18H,1H3. The summed E-state index contributed by atoms with van der Waals surface area (Å²) in [7, 11) is 0. The number of phenolic OH excluding ortho intramolecular Hbond substituents is 1. The molecule has 0 atom stereocenters. The van der Waals surface area contributed by atoms with E-state index in [1.807, 2.05) is 48.5 Å². The van der Waals surface area contributed by atoms with E-state index in [0.29, 0.717) is 5.56 Å². The monoisotopic (exact) mass is 236 g/mol. The minimum absolute atomic E-state index is 0.0804. The van der Waals surface area contributed by atoms with Crippen molar-refractivity contribution < 1.29 is 9.90 Å². The van der Waals surface area contributed by atoms with Crippen molar-refractivity contribution in [2.75, 3.05) is 0 Å². The maximum Gasteiger partial charge on any atom is 0.164 e. The molecular weight excluding hydrogens is 224 g/mol.